The van der Waals surface area contributed by atoms with E-state index < -0.39 is 0 Å². The molecule has 2 rings (SSSR count). The molecule has 1 aromatic heterocycles. The van der Waals surface area contributed by atoms with Crippen LogP contribution in [0.3, 0.4) is 0 Å². The van der Waals surface area contributed by atoms with Crippen LogP contribution in [0.25, 0.3) is 0 Å². The summed E-state index contributed by atoms with van der Waals surface area (Å²) in [5, 5.41) is 7.27. The lowest BCUT2D eigenvalue weighted by molar-refractivity contribution is 0.360. The molecule has 0 saturated heterocycles. The number of hydrogen-bond donors (Lipinski definition) is 1. The topological polar surface area (TPSA) is 51.0 Å². The normalized spacial score (nSPS) is 16.5. The van der Waals surface area contributed by atoms with Gasteiger partial charge >= 0.3 is 0 Å². The molecule has 0 aromatic carbocycles. The Kier molecular flexibility index (Phi) is 2.82. The van der Waals surface area contributed by atoms with Gasteiger partial charge in [-0.05, 0) is 18.8 Å². The molecule has 1 fully saturated rings. The first-order valence-electron chi connectivity index (χ1n) is 5.29. The minimum absolute atomic E-state index is 0.580. The molecule has 1 N–H and O–H groups in total. The van der Waals surface area contributed by atoms with Crippen LogP contribution in [0.4, 0.5) is 0 Å². The Balaban J connectivity index is 1.81. The molecule has 0 aliphatic heterocycles. The molecule has 0 atom stereocenters. The maximum Gasteiger partial charge on any atom is 0.240 e. The average molecular weight is 195 g/mol. The smallest absolute Gasteiger partial charge is 0.240 e. The fourth-order valence-electron chi connectivity index (χ4n) is 1.33. The predicted octanol–water partition coefficient (Wildman–Crippen LogP) is 1.52. The Hall–Kier alpha value is -0.900. The van der Waals surface area contributed by atoms with Gasteiger partial charge in [-0.25, -0.2) is 0 Å². The Morgan fingerprint density at radius 2 is 2.29 bits per heavy atom. The molecule has 4 nitrogen and oxygen atoms in total. The highest BCUT2D eigenvalue weighted by atomic mass is 16.5. The fraction of sp³-hybridized carbons (Fsp3) is 0.800. The Bertz CT molecular complexity index is 291. The van der Waals surface area contributed by atoms with Crippen molar-refractivity contribution in [3.8, 4) is 0 Å². The van der Waals surface area contributed by atoms with Crippen molar-refractivity contribution in [2.45, 2.75) is 45.7 Å². The summed E-state index contributed by atoms with van der Waals surface area (Å²) in [5.74, 6) is 2.12. The predicted molar refractivity (Wildman–Crippen MR) is 52.7 cm³/mol. The van der Waals surface area contributed by atoms with E-state index in [1.165, 1.54) is 12.8 Å². The molecule has 0 unspecified atom stereocenters. The molecule has 0 spiro atoms. The van der Waals surface area contributed by atoms with Gasteiger partial charge in [-0.1, -0.05) is 19.0 Å². The lowest BCUT2D eigenvalue weighted by Gasteiger charge is -1.96. The molecule has 0 bridgehead atoms. The Morgan fingerprint density at radius 3 is 2.93 bits per heavy atom. The van der Waals surface area contributed by atoms with E-state index in [9.17, 15) is 0 Å². The van der Waals surface area contributed by atoms with Crippen molar-refractivity contribution in [2.75, 3.05) is 0 Å². The maximum atomic E-state index is 5.12. The summed E-state index contributed by atoms with van der Waals surface area (Å²) < 4.78 is 5.12. The molecule has 14 heavy (non-hydrogen) atoms. The van der Waals surface area contributed by atoms with Gasteiger partial charge in [0.25, 0.3) is 0 Å². The summed E-state index contributed by atoms with van der Waals surface area (Å²) in [6.45, 7) is 5.02. The summed E-state index contributed by atoms with van der Waals surface area (Å²) in [6.07, 6.45) is 3.47. The highest BCUT2D eigenvalue weighted by Crippen LogP contribution is 2.19. The number of nitrogens with one attached hydrogen (secondary N) is 1. The third kappa shape index (κ3) is 2.80. The van der Waals surface area contributed by atoms with E-state index in [0.29, 0.717) is 17.9 Å². The number of nitrogens with zero attached hydrogens (tertiary/aromatic N) is 2. The van der Waals surface area contributed by atoms with E-state index in [1.54, 1.807) is 0 Å². The molecule has 0 amide bonds. The molecular formula is C10H17N3O. The van der Waals surface area contributed by atoms with Crippen LogP contribution in [-0.4, -0.2) is 16.2 Å². The first-order chi connectivity index (χ1) is 6.74. The van der Waals surface area contributed by atoms with Gasteiger partial charge in [0.15, 0.2) is 5.82 Å². The molecule has 78 valence electrons. The van der Waals surface area contributed by atoms with Crippen LogP contribution in [0.2, 0.25) is 0 Å². The van der Waals surface area contributed by atoms with Gasteiger partial charge in [-0.2, -0.15) is 4.98 Å². The van der Waals surface area contributed by atoms with Crippen LogP contribution < -0.4 is 5.32 Å². The Labute approximate surface area is 84.1 Å². The number of hydrogen-bond acceptors (Lipinski definition) is 4. The summed E-state index contributed by atoms with van der Waals surface area (Å²) in [7, 11) is 0. The van der Waals surface area contributed by atoms with Crippen molar-refractivity contribution < 1.29 is 4.52 Å². The van der Waals surface area contributed by atoms with Gasteiger partial charge in [0, 0.05) is 12.5 Å². The van der Waals surface area contributed by atoms with E-state index in [2.05, 4.69) is 29.3 Å². The molecular weight excluding hydrogens is 178 g/mol. The van der Waals surface area contributed by atoms with Crippen molar-refractivity contribution in [2.24, 2.45) is 5.92 Å². The third-order valence-electron chi connectivity index (χ3n) is 2.22. The molecule has 1 heterocycles. The van der Waals surface area contributed by atoms with E-state index in [4.69, 9.17) is 4.52 Å². The van der Waals surface area contributed by atoms with Crippen LogP contribution in [0, 0.1) is 5.92 Å². The van der Waals surface area contributed by atoms with Gasteiger partial charge in [0.05, 0.1) is 6.54 Å². The van der Waals surface area contributed by atoms with Gasteiger partial charge in [-0.15, -0.1) is 0 Å². The van der Waals surface area contributed by atoms with Gasteiger partial charge in [0.2, 0.25) is 5.89 Å². The first kappa shape index (κ1) is 9.65. The standard InChI is InChI=1S/C10H17N3O/c1-7(2)5-9-12-10(14-13-9)6-11-8-3-4-8/h7-8,11H,3-6H2,1-2H3. The summed E-state index contributed by atoms with van der Waals surface area (Å²) in [4.78, 5) is 4.31. The monoisotopic (exact) mass is 195 g/mol. The lowest BCUT2D eigenvalue weighted by Crippen LogP contribution is -2.15. The molecule has 1 aromatic rings. The van der Waals surface area contributed by atoms with E-state index in [-0.39, 0.29) is 0 Å². The molecule has 4 heteroatoms. The maximum absolute atomic E-state index is 5.12. The van der Waals surface area contributed by atoms with Crippen molar-refractivity contribution in [3.05, 3.63) is 11.7 Å². The zero-order valence-corrected chi connectivity index (χ0v) is 8.79. The summed E-state index contributed by atoms with van der Waals surface area (Å²) >= 11 is 0. The Morgan fingerprint density at radius 1 is 1.50 bits per heavy atom. The quantitative estimate of drug-likeness (QED) is 0.774. The van der Waals surface area contributed by atoms with Crippen LogP contribution in [0.1, 0.15) is 38.4 Å². The third-order valence-corrected chi connectivity index (χ3v) is 2.22. The zero-order chi connectivity index (χ0) is 9.97. The van der Waals surface area contributed by atoms with Crippen molar-refractivity contribution in [1.82, 2.24) is 15.5 Å². The first-order valence-corrected chi connectivity index (χ1v) is 5.29. The fourth-order valence-corrected chi connectivity index (χ4v) is 1.33. The lowest BCUT2D eigenvalue weighted by atomic mass is 10.1. The highest BCUT2D eigenvalue weighted by molar-refractivity contribution is 4.89. The second kappa shape index (κ2) is 4.09. The van der Waals surface area contributed by atoms with E-state index >= 15 is 0 Å². The van der Waals surface area contributed by atoms with Crippen molar-refractivity contribution in [1.29, 1.82) is 0 Å². The minimum atomic E-state index is 0.580. The van der Waals surface area contributed by atoms with Crippen molar-refractivity contribution >= 4 is 0 Å². The zero-order valence-electron chi connectivity index (χ0n) is 8.79. The van der Waals surface area contributed by atoms with Crippen LogP contribution in [0.15, 0.2) is 4.52 Å². The molecule has 1 aliphatic carbocycles. The van der Waals surface area contributed by atoms with Crippen LogP contribution in [0.5, 0.6) is 0 Å². The van der Waals surface area contributed by atoms with Gasteiger partial charge in [-0.3, -0.25) is 0 Å². The second-order valence-corrected chi connectivity index (χ2v) is 4.36. The minimum Gasteiger partial charge on any atom is -0.338 e. The summed E-state index contributed by atoms with van der Waals surface area (Å²) in [5.41, 5.74) is 0. The van der Waals surface area contributed by atoms with Crippen LogP contribution >= 0.6 is 0 Å². The average Bonchev–Trinajstić information content (AvgIpc) is 2.84. The van der Waals surface area contributed by atoms with Gasteiger partial charge < -0.3 is 9.84 Å². The van der Waals surface area contributed by atoms with Crippen LogP contribution in [-0.2, 0) is 13.0 Å². The second-order valence-electron chi connectivity index (χ2n) is 4.36. The molecule has 1 aliphatic rings. The van der Waals surface area contributed by atoms with E-state index in [1.807, 2.05) is 0 Å². The highest BCUT2D eigenvalue weighted by Gasteiger charge is 2.21. The SMILES string of the molecule is CC(C)Cc1noc(CNC2CC2)n1. The van der Waals surface area contributed by atoms with Crippen molar-refractivity contribution in [3.63, 3.8) is 0 Å². The largest absolute Gasteiger partial charge is 0.338 e. The van der Waals surface area contributed by atoms with Gasteiger partial charge in [0.1, 0.15) is 0 Å². The number of rotatable bonds is 5. The molecule has 0 radical (unpaired) electrons. The van der Waals surface area contributed by atoms with E-state index in [0.717, 1.165) is 18.8 Å². The number of aromatic nitrogens is 2. The summed E-state index contributed by atoms with van der Waals surface area (Å²) in [6, 6.07) is 0.690. The molecule has 1 saturated carbocycles.